The van der Waals surface area contributed by atoms with Crippen LogP contribution in [0.4, 0.5) is 0 Å². The molecule has 136 valence electrons. The highest BCUT2D eigenvalue weighted by Crippen LogP contribution is 2.47. The van der Waals surface area contributed by atoms with E-state index in [-0.39, 0.29) is 29.3 Å². The molecule has 0 aromatic heterocycles. The van der Waals surface area contributed by atoms with Crippen LogP contribution in [-0.4, -0.2) is 16.0 Å². The van der Waals surface area contributed by atoms with Crippen molar-refractivity contribution in [2.75, 3.05) is 0 Å². The van der Waals surface area contributed by atoms with Crippen LogP contribution < -0.4 is 4.74 Å². The highest BCUT2D eigenvalue weighted by Gasteiger charge is 2.34. The van der Waals surface area contributed by atoms with E-state index in [0.29, 0.717) is 23.3 Å². The Kier molecular flexibility index (Phi) is 4.77. The molecule has 0 saturated carbocycles. The number of aryl methyl sites for hydroxylation is 1. The second-order valence-electron chi connectivity index (χ2n) is 7.13. The molecule has 2 aromatic rings. The summed E-state index contributed by atoms with van der Waals surface area (Å²) in [6.45, 7) is 7.55. The normalized spacial score (nSPS) is 16.0. The van der Waals surface area contributed by atoms with E-state index in [2.05, 4.69) is 0 Å². The molecule has 3 rings (SSSR count). The molecule has 0 bridgehead atoms. The first-order valence-electron chi connectivity index (χ1n) is 8.76. The van der Waals surface area contributed by atoms with Crippen molar-refractivity contribution in [1.29, 1.82) is 0 Å². The van der Waals surface area contributed by atoms with Crippen molar-refractivity contribution in [3.63, 3.8) is 0 Å². The van der Waals surface area contributed by atoms with Crippen LogP contribution in [0.25, 0.3) is 0 Å². The van der Waals surface area contributed by atoms with E-state index in [1.807, 2.05) is 51.1 Å². The Bertz CT molecular complexity index is 888. The Morgan fingerprint density at radius 3 is 2.42 bits per heavy atom. The molecule has 1 heterocycles. The number of hydrogen-bond donors (Lipinski definition) is 2. The fourth-order valence-electron chi connectivity index (χ4n) is 3.20. The molecular weight excluding hydrogens is 328 g/mol. The van der Waals surface area contributed by atoms with Crippen molar-refractivity contribution in [1.82, 2.24) is 0 Å². The standard InChI is InChI=1S/C22H24O4/c1-12(2)5-10-16-20(24)14(4)21(25)19-17(23)11-18(26-22(16)19)15-8-6-13(3)7-9-15/h5-9,18,24-25H,10-11H2,1-4H3. The van der Waals surface area contributed by atoms with Crippen molar-refractivity contribution >= 4 is 5.78 Å². The van der Waals surface area contributed by atoms with Crippen LogP contribution in [0.15, 0.2) is 35.9 Å². The van der Waals surface area contributed by atoms with E-state index in [1.54, 1.807) is 6.92 Å². The SMILES string of the molecule is CC(C)=CCc1c(O)c(C)c(O)c2c1OC(c1ccc(C)cc1)CC2=O. The van der Waals surface area contributed by atoms with E-state index in [0.717, 1.165) is 16.7 Å². The van der Waals surface area contributed by atoms with Crippen LogP contribution in [0.2, 0.25) is 0 Å². The summed E-state index contributed by atoms with van der Waals surface area (Å²) < 4.78 is 6.14. The molecule has 0 amide bonds. The largest absolute Gasteiger partial charge is 0.507 e. The van der Waals surface area contributed by atoms with Crippen molar-refractivity contribution in [2.45, 2.75) is 46.6 Å². The van der Waals surface area contributed by atoms with E-state index >= 15 is 0 Å². The Hall–Kier alpha value is -2.75. The predicted molar refractivity (Wildman–Crippen MR) is 101 cm³/mol. The average molecular weight is 352 g/mol. The van der Waals surface area contributed by atoms with Crippen molar-refractivity contribution < 1.29 is 19.7 Å². The molecule has 4 heteroatoms. The summed E-state index contributed by atoms with van der Waals surface area (Å²) >= 11 is 0. The minimum Gasteiger partial charge on any atom is -0.507 e. The van der Waals surface area contributed by atoms with E-state index in [1.165, 1.54) is 0 Å². The topological polar surface area (TPSA) is 66.8 Å². The number of hydrogen-bond acceptors (Lipinski definition) is 4. The quantitative estimate of drug-likeness (QED) is 0.769. The molecule has 0 fully saturated rings. The third kappa shape index (κ3) is 3.19. The van der Waals surface area contributed by atoms with Crippen LogP contribution >= 0.6 is 0 Å². The molecule has 0 aliphatic carbocycles. The number of carbonyl (C=O) groups excluding carboxylic acids is 1. The molecule has 1 atom stereocenters. The summed E-state index contributed by atoms with van der Waals surface area (Å²) in [5, 5.41) is 21.0. The van der Waals surface area contributed by atoms with Crippen LogP contribution in [0.3, 0.4) is 0 Å². The number of allylic oxidation sites excluding steroid dienone is 2. The van der Waals surface area contributed by atoms with Gasteiger partial charge in [-0.05, 0) is 39.7 Å². The Labute approximate surface area is 153 Å². The highest BCUT2D eigenvalue weighted by atomic mass is 16.5. The first kappa shape index (κ1) is 18.1. The summed E-state index contributed by atoms with van der Waals surface area (Å²) in [4.78, 5) is 12.8. The third-order valence-electron chi connectivity index (χ3n) is 4.81. The zero-order valence-corrected chi connectivity index (χ0v) is 15.6. The zero-order valence-electron chi connectivity index (χ0n) is 15.6. The number of ether oxygens (including phenoxy) is 1. The lowest BCUT2D eigenvalue weighted by Gasteiger charge is -2.29. The van der Waals surface area contributed by atoms with Gasteiger partial charge in [0, 0.05) is 11.1 Å². The van der Waals surface area contributed by atoms with Gasteiger partial charge in [0.2, 0.25) is 0 Å². The molecular formula is C22H24O4. The van der Waals surface area contributed by atoms with Gasteiger partial charge in [0.15, 0.2) is 5.78 Å². The maximum absolute atomic E-state index is 12.8. The van der Waals surface area contributed by atoms with Crippen molar-refractivity contribution in [3.05, 3.63) is 63.7 Å². The van der Waals surface area contributed by atoms with Crippen LogP contribution in [-0.2, 0) is 6.42 Å². The monoisotopic (exact) mass is 352 g/mol. The van der Waals surface area contributed by atoms with E-state index < -0.39 is 6.10 Å². The molecule has 1 aliphatic heterocycles. The van der Waals surface area contributed by atoms with Crippen LogP contribution in [0.5, 0.6) is 17.2 Å². The molecule has 0 spiro atoms. The number of fused-ring (bicyclic) bond motifs is 1. The molecule has 1 aliphatic rings. The number of carbonyl (C=O) groups is 1. The summed E-state index contributed by atoms with van der Waals surface area (Å²) in [6, 6.07) is 7.85. The summed E-state index contributed by atoms with van der Waals surface area (Å²) in [6.07, 6.45) is 2.14. The van der Waals surface area contributed by atoms with E-state index in [9.17, 15) is 15.0 Å². The third-order valence-corrected chi connectivity index (χ3v) is 4.81. The van der Waals surface area contributed by atoms with Gasteiger partial charge in [0.25, 0.3) is 0 Å². The van der Waals surface area contributed by atoms with Gasteiger partial charge < -0.3 is 14.9 Å². The Morgan fingerprint density at radius 1 is 1.15 bits per heavy atom. The minimum absolute atomic E-state index is 0.0175. The van der Waals surface area contributed by atoms with Crippen molar-refractivity contribution in [3.8, 4) is 17.2 Å². The smallest absolute Gasteiger partial charge is 0.174 e. The van der Waals surface area contributed by atoms with Crippen molar-refractivity contribution in [2.24, 2.45) is 0 Å². The number of ketones is 1. The number of benzene rings is 2. The van der Waals surface area contributed by atoms with Gasteiger partial charge in [-0.15, -0.1) is 0 Å². The predicted octanol–water partition coefficient (Wildman–Crippen LogP) is 4.93. The minimum atomic E-state index is -0.428. The van der Waals surface area contributed by atoms with Crippen LogP contribution in [0.1, 0.15) is 59.0 Å². The highest BCUT2D eigenvalue weighted by molar-refractivity contribution is 6.04. The number of aromatic hydroxyl groups is 2. The Morgan fingerprint density at radius 2 is 1.81 bits per heavy atom. The molecule has 4 nitrogen and oxygen atoms in total. The maximum Gasteiger partial charge on any atom is 0.174 e. The first-order chi connectivity index (χ1) is 12.3. The molecule has 1 unspecified atom stereocenters. The summed E-state index contributed by atoms with van der Waals surface area (Å²) in [7, 11) is 0. The van der Waals surface area contributed by atoms with Gasteiger partial charge in [-0.3, -0.25) is 4.79 Å². The number of phenols is 2. The number of phenolic OH excluding ortho intramolecular Hbond substituents is 2. The molecule has 0 radical (unpaired) electrons. The molecule has 2 aromatic carbocycles. The lowest BCUT2D eigenvalue weighted by molar-refractivity contribution is 0.0842. The van der Waals surface area contributed by atoms with Gasteiger partial charge in [-0.25, -0.2) is 0 Å². The summed E-state index contributed by atoms with van der Waals surface area (Å²) in [5.74, 6) is -0.0808. The fraction of sp³-hybridized carbons (Fsp3) is 0.318. The maximum atomic E-state index is 12.8. The van der Waals surface area contributed by atoms with Gasteiger partial charge >= 0.3 is 0 Å². The summed E-state index contributed by atoms with van der Waals surface area (Å²) in [5.41, 5.74) is 4.17. The first-order valence-corrected chi connectivity index (χ1v) is 8.76. The zero-order chi connectivity index (χ0) is 19.0. The van der Waals surface area contributed by atoms with E-state index in [4.69, 9.17) is 4.74 Å². The Balaban J connectivity index is 2.12. The molecule has 26 heavy (non-hydrogen) atoms. The molecule has 2 N–H and O–H groups in total. The second-order valence-corrected chi connectivity index (χ2v) is 7.13. The van der Waals surface area contributed by atoms with Gasteiger partial charge in [-0.2, -0.15) is 0 Å². The molecule has 0 saturated heterocycles. The number of Topliss-reactive ketones (excluding diaryl/α,β-unsaturated/α-hetero) is 1. The lowest BCUT2D eigenvalue weighted by Crippen LogP contribution is -2.22. The fourth-order valence-corrected chi connectivity index (χ4v) is 3.20. The number of rotatable bonds is 3. The lowest BCUT2D eigenvalue weighted by atomic mass is 9.90. The average Bonchev–Trinajstić information content (AvgIpc) is 2.59. The van der Waals surface area contributed by atoms with Gasteiger partial charge in [0.1, 0.15) is 28.9 Å². The second kappa shape index (κ2) is 6.87. The van der Waals surface area contributed by atoms with Gasteiger partial charge in [0.05, 0.1) is 6.42 Å². The van der Waals surface area contributed by atoms with Gasteiger partial charge in [-0.1, -0.05) is 41.5 Å². The van der Waals surface area contributed by atoms with Crippen LogP contribution in [0, 0.1) is 13.8 Å².